The molecule has 0 saturated carbocycles. The summed E-state index contributed by atoms with van der Waals surface area (Å²) in [5, 5.41) is 3.32. The molecule has 0 bridgehead atoms. The lowest BCUT2D eigenvalue weighted by Crippen LogP contribution is -2.32. The van der Waals surface area contributed by atoms with Crippen LogP contribution in [0.15, 0.2) is 66.9 Å². The fourth-order valence-electron chi connectivity index (χ4n) is 3.00. The average molecular weight is 333 g/mol. The average Bonchev–Trinajstić information content (AvgIpc) is 2.90. The second-order valence-electron chi connectivity index (χ2n) is 6.01. The highest BCUT2D eigenvalue weighted by atomic mass is 19.1. The summed E-state index contributed by atoms with van der Waals surface area (Å²) in [4.78, 5) is 19.0. The van der Waals surface area contributed by atoms with Crippen molar-refractivity contribution >= 4 is 17.4 Å². The molecule has 124 valence electrons. The molecule has 0 fully saturated rings. The van der Waals surface area contributed by atoms with Gasteiger partial charge in [0.25, 0.3) is 5.91 Å². The maximum Gasteiger partial charge on any atom is 0.261 e. The van der Waals surface area contributed by atoms with Crippen molar-refractivity contribution in [3.63, 3.8) is 0 Å². The lowest BCUT2D eigenvalue weighted by Gasteiger charge is -2.26. The minimum absolute atomic E-state index is 0.105. The number of carbonyl (C=O) groups is 1. The van der Waals surface area contributed by atoms with Gasteiger partial charge in [0.15, 0.2) is 0 Å². The van der Waals surface area contributed by atoms with Crippen LogP contribution in [-0.4, -0.2) is 10.9 Å². The molecule has 1 aliphatic heterocycles. The zero-order chi connectivity index (χ0) is 17.4. The van der Waals surface area contributed by atoms with Crippen LogP contribution in [0.3, 0.4) is 0 Å². The third-order valence-electron chi connectivity index (χ3n) is 4.25. The Morgan fingerprint density at radius 3 is 2.52 bits per heavy atom. The molecule has 5 heteroatoms. The molecule has 3 aromatic rings. The smallest absolute Gasteiger partial charge is 0.261 e. The van der Waals surface area contributed by atoms with Gasteiger partial charge in [-0.05, 0) is 48.9 Å². The van der Waals surface area contributed by atoms with E-state index in [1.165, 1.54) is 12.1 Å². The number of anilines is 2. The molecule has 1 aliphatic rings. The third-order valence-corrected chi connectivity index (χ3v) is 4.25. The number of rotatable bonds is 3. The molecule has 1 amide bonds. The third kappa shape index (κ3) is 2.74. The fraction of sp³-hybridized carbons (Fsp3) is 0.100. The van der Waals surface area contributed by atoms with Gasteiger partial charge in [0.2, 0.25) is 0 Å². The molecule has 1 N–H and O–H groups in total. The van der Waals surface area contributed by atoms with E-state index in [-0.39, 0.29) is 11.7 Å². The highest BCUT2D eigenvalue weighted by Crippen LogP contribution is 2.37. The first-order valence-corrected chi connectivity index (χ1v) is 8.01. The summed E-state index contributed by atoms with van der Waals surface area (Å²) < 4.78 is 13.2. The van der Waals surface area contributed by atoms with Crippen LogP contribution in [0.4, 0.5) is 15.9 Å². The van der Waals surface area contributed by atoms with Crippen LogP contribution in [0.25, 0.3) is 0 Å². The van der Waals surface area contributed by atoms with Crippen molar-refractivity contribution in [3.8, 4) is 0 Å². The van der Waals surface area contributed by atoms with Gasteiger partial charge >= 0.3 is 0 Å². The quantitative estimate of drug-likeness (QED) is 0.777. The summed E-state index contributed by atoms with van der Waals surface area (Å²) in [6.45, 7) is 1.95. The van der Waals surface area contributed by atoms with E-state index in [9.17, 15) is 9.18 Å². The summed E-state index contributed by atoms with van der Waals surface area (Å²) in [5.41, 5.74) is 3.27. The van der Waals surface area contributed by atoms with Gasteiger partial charge in [-0.2, -0.15) is 0 Å². The highest BCUT2D eigenvalue weighted by Gasteiger charge is 2.38. The van der Waals surface area contributed by atoms with E-state index in [4.69, 9.17) is 0 Å². The van der Waals surface area contributed by atoms with Crippen molar-refractivity contribution in [1.29, 1.82) is 0 Å². The normalized spacial score (nSPS) is 16.0. The Morgan fingerprint density at radius 1 is 1.04 bits per heavy atom. The maximum atomic E-state index is 13.2. The van der Waals surface area contributed by atoms with Gasteiger partial charge in [-0.3, -0.25) is 9.69 Å². The molecular weight excluding hydrogens is 317 g/mol. The lowest BCUT2D eigenvalue weighted by atomic mass is 10.1. The molecule has 4 rings (SSSR count). The Kier molecular flexibility index (Phi) is 3.69. The van der Waals surface area contributed by atoms with Crippen LogP contribution in [-0.2, 0) is 0 Å². The summed E-state index contributed by atoms with van der Waals surface area (Å²) in [6, 6.07) is 17.3. The number of nitrogens with one attached hydrogen (secondary N) is 1. The van der Waals surface area contributed by atoms with Crippen molar-refractivity contribution in [2.75, 3.05) is 10.2 Å². The number of carbonyl (C=O) groups excluding carboxylic acids is 1. The summed E-state index contributed by atoms with van der Waals surface area (Å²) in [5.74, 6) is 0.170. The number of halogens is 1. The molecule has 25 heavy (non-hydrogen) atoms. The van der Waals surface area contributed by atoms with Gasteiger partial charge in [-0.25, -0.2) is 9.37 Å². The Bertz CT molecular complexity index is 922. The first kappa shape index (κ1) is 15.3. The minimum atomic E-state index is -0.399. The van der Waals surface area contributed by atoms with Crippen molar-refractivity contribution in [1.82, 2.24) is 4.98 Å². The minimum Gasteiger partial charge on any atom is -0.361 e. The van der Waals surface area contributed by atoms with E-state index in [0.717, 1.165) is 16.8 Å². The number of hydrogen-bond acceptors (Lipinski definition) is 3. The van der Waals surface area contributed by atoms with Crippen molar-refractivity contribution in [2.24, 2.45) is 0 Å². The number of fused-ring (bicyclic) bond motifs is 1. The van der Waals surface area contributed by atoms with Crippen molar-refractivity contribution in [3.05, 3.63) is 89.4 Å². The van der Waals surface area contributed by atoms with Crippen LogP contribution in [0, 0.1) is 12.7 Å². The van der Waals surface area contributed by atoms with Gasteiger partial charge in [0.05, 0.1) is 0 Å². The number of amides is 1. The van der Waals surface area contributed by atoms with E-state index in [1.54, 1.807) is 23.2 Å². The summed E-state index contributed by atoms with van der Waals surface area (Å²) in [6.07, 6.45) is 1.34. The van der Waals surface area contributed by atoms with Gasteiger partial charge in [-0.15, -0.1) is 0 Å². The van der Waals surface area contributed by atoms with Gasteiger partial charge in [-0.1, -0.05) is 24.3 Å². The van der Waals surface area contributed by atoms with E-state index in [1.807, 2.05) is 43.3 Å². The molecule has 0 unspecified atom stereocenters. The van der Waals surface area contributed by atoms with E-state index in [0.29, 0.717) is 11.4 Å². The van der Waals surface area contributed by atoms with Crippen LogP contribution in [0.1, 0.15) is 27.7 Å². The SMILES string of the molecule is Cc1ccc(N2C(=O)c3ccccc3[C@H]2Nc2ccc(F)cc2)nc1. The number of aryl methyl sites for hydroxylation is 1. The summed E-state index contributed by atoms with van der Waals surface area (Å²) in [7, 11) is 0. The largest absolute Gasteiger partial charge is 0.361 e. The number of benzene rings is 2. The second-order valence-corrected chi connectivity index (χ2v) is 6.01. The monoisotopic (exact) mass is 333 g/mol. The van der Waals surface area contributed by atoms with Gasteiger partial charge < -0.3 is 5.32 Å². The predicted octanol–water partition coefficient (Wildman–Crippen LogP) is 4.30. The van der Waals surface area contributed by atoms with Crippen LogP contribution >= 0.6 is 0 Å². The summed E-state index contributed by atoms with van der Waals surface area (Å²) >= 11 is 0. The predicted molar refractivity (Wildman–Crippen MR) is 95.0 cm³/mol. The van der Waals surface area contributed by atoms with E-state index < -0.39 is 6.17 Å². The van der Waals surface area contributed by atoms with Gasteiger partial charge in [0.1, 0.15) is 17.8 Å². The number of hydrogen-bond donors (Lipinski definition) is 1. The highest BCUT2D eigenvalue weighted by molar-refractivity contribution is 6.10. The van der Waals surface area contributed by atoms with E-state index in [2.05, 4.69) is 10.3 Å². The molecule has 0 aliphatic carbocycles. The number of pyridine rings is 1. The molecule has 4 nitrogen and oxygen atoms in total. The fourth-order valence-corrected chi connectivity index (χ4v) is 3.00. The Morgan fingerprint density at radius 2 is 1.80 bits per heavy atom. The molecule has 2 heterocycles. The van der Waals surface area contributed by atoms with Crippen LogP contribution in [0.5, 0.6) is 0 Å². The van der Waals surface area contributed by atoms with E-state index >= 15 is 0 Å². The zero-order valence-corrected chi connectivity index (χ0v) is 13.6. The van der Waals surface area contributed by atoms with Crippen LogP contribution in [0.2, 0.25) is 0 Å². The molecule has 0 spiro atoms. The Balaban J connectivity index is 1.77. The molecule has 0 radical (unpaired) electrons. The number of nitrogens with zero attached hydrogens (tertiary/aromatic N) is 2. The molecule has 1 atom stereocenters. The Hall–Kier alpha value is -3.21. The molecule has 1 aromatic heterocycles. The molecule has 0 saturated heterocycles. The van der Waals surface area contributed by atoms with Crippen molar-refractivity contribution < 1.29 is 9.18 Å². The topological polar surface area (TPSA) is 45.2 Å². The molecule has 2 aromatic carbocycles. The first-order chi connectivity index (χ1) is 12.1. The lowest BCUT2D eigenvalue weighted by molar-refractivity contribution is 0.0992. The second kappa shape index (κ2) is 6.02. The van der Waals surface area contributed by atoms with Crippen LogP contribution < -0.4 is 10.2 Å². The number of aromatic nitrogens is 1. The maximum absolute atomic E-state index is 13.2. The van der Waals surface area contributed by atoms with Gasteiger partial charge in [0, 0.05) is 23.0 Å². The Labute approximate surface area is 144 Å². The standard InChI is InChI=1S/C20H16FN3O/c1-13-6-11-18(22-12-13)24-19(23-15-9-7-14(21)8-10-15)16-4-2-3-5-17(16)20(24)25/h2-12,19,23H,1H3/t19-/m0/s1. The van der Waals surface area contributed by atoms with Crippen molar-refractivity contribution in [2.45, 2.75) is 13.1 Å². The first-order valence-electron chi connectivity index (χ1n) is 8.01. The zero-order valence-electron chi connectivity index (χ0n) is 13.6. The molecular formula is C20H16FN3O.